The molecule has 2 aromatic carbocycles. The lowest BCUT2D eigenvalue weighted by atomic mass is 10.0. The van der Waals surface area contributed by atoms with E-state index in [4.69, 9.17) is 0 Å². The Kier molecular flexibility index (Phi) is 7.25. The second-order valence-electron chi connectivity index (χ2n) is 7.81. The number of amides is 1. The van der Waals surface area contributed by atoms with Gasteiger partial charge in [-0.3, -0.25) is 9.69 Å². The van der Waals surface area contributed by atoms with E-state index in [1.807, 2.05) is 43.3 Å². The van der Waals surface area contributed by atoms with E-state index in [1.54, 1.807) is 13.0 Å². The Hall–Kier alpha value is -2.41. The molecule has 0 aliphatic carbocycles. The number of piperidine rings is 1. The summed E-state index contributed by atoms with van der Waals surface area (Å²) in [6, 6.07) is 13.6. The predicted octanol–water partition coefficient (Wildman–Crippen LogP) is 3.06. The van der Waals surface area contributed by atoms with Gasteiger partial charge >= 0.3 is 0 Å². The largest absolute Gasteiger partial charge is 0.392 e. The number of aryl methyl sites for hydroxylation is 1. The van der Waals surface area contributed by atoms with Crippen molar-refractivity contribution in [3.05, 3.63) is 59.2 Å². The van der Waals surface area contributed by atoms with Crippen molar-refractivity contribution in [3.8, 4) is 0 Å². The van der Waals surface area contributed by atoms with E-state index in [1.165, 1.54) is 0 Å². The number of anilines is 2. The van der Waals surface area contributed by atoms with Crippen molar-refractivity contribution in [2.24, 2.45) is 0 Å². The van der Waals surface area contributed by atoms with E-state index in [0.717, 1.165) is 48.3 Å². The predicted molar refractivity (Wildman–Crippen MR) is 116 cm³/mol. The summed E-state index contributed by atoms with van der Waals surface area (Å²) >= 11 is 0. The fourth-order valence-electron chi connectivity index (χ4n) is 3.79. The van der Waals surface area contributed by atoms with Gasteiger partial charge in [0.25, 0.3) is 0 Å². The number of carbonyl (C=O) groups is 1. The number of carbonyl (C=O) groups excluding carboxylic acids is 1. The first kappa shape index (κ1) is 21.3. The van der Waals surface area contributed by atoms with Gasteiger partial charge in [-0.15, -0.1) is 0 Å². The minimum absolute atomic E-state index is 0.0271. The second kappa shape index (κ2) is 9.87. The number of benzene rings is 2. The molecule has 0 spiro atoms. The third kappa shape index (κ3) is 5.79. The Bertz CT molecular complexity index is 830. The second-order valence-corrected chi connectivity index (χ2v) is 7.81. The third-order valence-electron chi connectivity index (χ3n) is 5.49. The van der Waals surface area contributed by atoms with E-state index in [-0.39, 0.29) is 12.5 Å². The van der Waals surface area contributed by atoms with Crippen molar-refractivity contribution in [1.82, 2.24) is 4.90 Å². The lowest BCUT2D eigenvalue weighted by molar-refractivity contribution is -0.117. The van der Waals surface area contributed by atoms with E-state index in [9.17, 15) is 15.0 Å². The van der Waals surface area contributed by atoms with Gasteiger partial charge in [-0.05, 0) is 49.9 Å². The lowest BCUT2D eigenvalue weighted by Crippen LogP contribution is -2.42. The summed E-state index contributed by atoms with van der Waals surface area (Å²) in [6.07, 6.45) is 1.34. The summed E-state index contributed by atoms with van der Waals surface area (Å²) in [5, 5.41) is 25.8. The van der Waals surface area contributed by atoms with Gasteiger partial charge < -0.3 is 20.8 Å². The van der Waals surface area contributed by atoms with E-state index < -0.39 is 6.10 Å². The van der Waals surface area contributed by atoms with Crippen molar-refractivity contribution in [1.29, 1.82) is 0 Å². The molecule has 0 radical (unpaired) electrons. The van der Waals surface area contributed by atoms with Crippen LogP contribution in [0, 0.1) is 6.92 Å². The maximum Gasteiger partial charge on any atom is 0.238 e. The molecule has 1 aliphatic rings. The highest BCUT2D eigenvalue weighted by Crippen LogP contribution is 2.24. The Morgan fingerprint density at radius 3 is 2.62 bits per heavy atom. The highest BCUT2D eigenvalue weighted by atomic mass is 16.3. The van der Waals surface area contributed by atoms with Crippen LogP contribution in [-0.4, -0.2) is 46.7 Å². The molecule has 6 nitrogen and oxygen atoms in total. The van der Waals surface area contributed by atoms with Crippen LogP contribution in [0.25, 0.3) is 0 Å². The average Bonchev–Trinajstić information content (AvgIpc) is 2.71. The van der Waals surface area contributed by atoms with Gasteiger partial charge in [0.1, 0.15) is 0 Å². The zero-order chi connectivity index (χ0) is 20.8. The van der Waals surface area contributed by atoms with Gasteiger partial charge in [0, 0.05) is 36.1 Å². The molecule has 0 bridgehead atoms. The number of rotatable bonds is 7. The number of aliphatic hydroxyl groups is 2. The summed E-state index contributed by atoms with van der Waals surface area (Å²) in [4.78, 5) is 14.6. The lowest BCUT2D eigenvalue weighted by Gasteiger charge is -2.33. The topological polar surface area (TPSA) is 84.8 Å². The van der Waals surface area contributed by atoms with Gasteiger partial charge in [0.05, 0.1) is 19.3 Å². The zero-order valence-corrected chi connectivity index (χ0v) is 17.2. The Morgan fingerprint density at radius 2 is 1.93 bits per heavy atom. The summed E-state index contributed by atoms with van der Waals surface area (Å²) in [5.41, 5.74) is 4.59. The van der Waals surface area contributed by atoms with Crippen LogP contribution in [0.4, 0.5) is 11.4 Å². The monoisotopic (exact) mass is 397 g/mol. The summed E-state index contributed by atoms with van der Waals surface area (Å²) < 4.78 is 0. The molecule has 1 saturated heterocycles. The first-order chi connectivity index (χ1) is 14.0. The number of nitrogens with one attached hydrogen (secondary N) is 2. The van der Waals surface area contributed by atoms with E-state index in [0.29, 0.717) is 18.3 Å². The molecule has 0 aromatic heterocycles. The van der Waals surface area contributed by atoms with Crippen molar-refractivity contribution < 1.29 is 15.0 Å². The highest BCUT2D eigenvalue weighted by Gasteiger charge is 2.22. The molecular formula is C23H31N3O3. The third-order valence-corrected chi connectivity index (χ3v) is 5.49. The van der Waals surface area contributed by atoms with Crippen molar-refractivity contribution in [2.45, 2.75) is 45.4 Å². The fraction of sp³-hybridized carbons (Fsp3) is 0.435. The molecule has 1 fully saturated rings. The average molecular weight is 398 g/mol. The zero-order valence-electron chi connectivity index (χ0n) is 17.2. The molecule has 1 atom stereocenters. The van der Waals surface area contributed by atoms with Crippen LogP contribution in [0.5, 0.6) is 0 Å². The molecule has 1 amide bonds. The Morgan fingerprint density at radius 1 is 1.21 bits per heavy atom. The molecule has 2 aromatic rings. The van der Waals surface area contributed by atoms with Crippen molar-refractivity contribution >= 4 is 17.3 Å². The van der Waals surface area contributed by atoms with Crippen LogP contribution >= 0.6 is 0 Å². The molecule has 3 rings (SSSR count). The number of nitrogens with zero attached hydrogens (tertiary/aromatic N) is 1. The van der Waals surface area contributed by atoms with Crippen LogP contribution in [0.3, 0.4) is 0 Å². The number of likely N-dealkylation sites (tertiary alicyclic amines) is 1. The molecule has 4 N–H and O–H groups in total. The first-order valence-electron chi connectivity index (χ1n) is 10.2. The Balaban J connectivity index is 1.49. The minimum atomic E-state index is -0.557. The molecule has 1 heterocycles. The molecule has 0 saturated carbocycles. The van der Waals surface area contributed by atoms with Crippen molar-refractivity contribution in [3.63, 3.8) is 0 Å². The van der Waals surface area contributed by atoms with Gasteiger partial charge in [0.15, 0.2) is 0 Å². The van der Waals surface area contributed by atoms with Crippen LogP contribution in [0.2, 0.25) is 0 Å². The molecule has 1 unspecified atom stereocenters. The number of hydrogen-bond donors (Lipinski definition) is 4. The first-order valence-corrected chi connectivity index (χ1v) is 10.2. The standard InChI is InChI=1S/C23H31N3O3/c1-16-5-3-7-19(15-27)23(16)25-20-9-11-26(12-10-20)14-22(29)24-21-8-4-6-18(13-21)17(2)28/h3-8,13,17,20,25,27-28H,9-12,14-15H2,1-2H3,(H,24,29). The summed E-state index contributed by atoms with van der Waals surface area (Å²) in [7, 11) is 0. The SMILES string of the molecule is Cc1cccc(CO)c1NC1CCN(CC(=O)Nc2cccc(C(C)O)c2)CC1. The highest BCUT2D eigenvalue weighted by molar-refractivity contribution is 5.92. The fourth-order valence-corrected chi connectivity index (χ4v) is 3.79. The summed E-state index contributed by atoms with van der Waals surface area (Å²) in [6.45, 7) is 5.84. The number of hydrogen-bond acceptors (Lipinski definition) is 5. The molecular weight excluding hydrogens is 366 g/mol. The van der Waals surface area contributed by atoms with Crippen molar-refractivity contribution in [2.75, 3.05) is 30.3 Å². The maximum absolute atomic E-state index is 12.4. The van der Waals surface area contributed by atoms with Crippen LogP contribution in [-0.2, 0) is 11.4 Å². The van der Waals surface area contributed by atoms with Gasteiger partial charge in [-0.25, -0.2) is 0 Å². The van der Waals surface area contributed by atoms with Gasteiger partial charge in [0.2, 0.25) is 5.91 Å². The smallest absolute Gasteiger partial charge is 0.238 e. The molecule has 156 valence electrons. The Labute approximate surface area is 172 Å². The van der Waals surface area contributed by atoms with Gasteiger partial charge in [-0.1, -0.05) is 30.3 Å². The number of aliphatic hydroxyl groups excluding tert-OH is 2. The molecule has 1 aliphatic heterocycles. The quantitative estimate of drug-likeness (QED) is 0.577. The maximum atomic E-state index is 12.4. The van der Waals surface area contributed by atoms with E-state index >= 15 is 0 Å². The summed E-state index contributed by atoms with van der Waals surface area (Å²) in [5.74, 6) is -0.0411. The normalized spacial score (nSPS) is 16.4. The molecule has 6 heteroatoms. The van der Waals surface area contributed by atoms with Crippen LogP contribution < -0.4 is 10.6 Å². The molecule has 29 heavy (non-hydrogen) atoms. The van der Waals surface area contributed by atoms with Crippen LogP contribution in [0.15, 0.2) is 42.5 Å². The van der Waals surface area contributed by atoms with E-state index in [2.05, 4.69) is 15.5 Å². The van der Waals surface area contributed by atoms with Crippen LogP contribution in [0.1, 0.15) is 42.6 Å². The number of para-hydroxylation sites is 1. The minimum Gasteiger partial charge on any atom is -0.392 e. The van der Waals surface area contributed by atoms with Gasteiger partial charge in [-0.2, -0.15) is 0 Å².